The zero-order chi connectivity index (χ0) is 14.8. The fourth-order valence-corrected chi connectivity index (χ4v) is 3.41. The van der Waals surface area contributed by atoms with Gasteiger partial charge in [0.05, 0.1) is 0 Å². The van der Waals surface area contributed by atoms with Gasteiger partial charge >= 0.3 is 0 Å². The van der Waals surface area contributed by atoms with E-state index in [0.29, 0.717) is 11.8 Å². The van der Waals surface area contributed by atoms with Crippen molar-refractivity contribution in [3.63, 3.8) is 0 Å². The molecule has 1 aliphatic rings. The topological polar surface area (TPSA) is 0 Å². The van der Waals surface area contributed by atoms with E-state index in [9.17, 15) is 0 Å². The zero-order valence-corrected chi connectivity index (χ0v) is 12.4. The monoisotopic (exact) mass is 282 g/mol. The third kappa shape index (κ3) is 2.27. The van der Waals surface area contributed by atoms with Gasteiger partial charge in [-0.3, -0.25) is 0 Å². The van der Waals surface area contributed by atoms with Gasteiger partial charge in [-0.05, 0) is 22.3 Å². The van der Waals surface area contributed by atoms with Gasteiger partial charge in [0.15, 0.2) is 0 Å². The second kappa shape index (κ2) is 5.65. The van der Waals surface area contributed by atoms with Gasteiger partial charge in [0, 0.05) is 11.8 Å². The molecule has 2 atom stereocenters. The summed E-state index contributed by atoms with van der Waals surface area (Å²) in [4.78, 5) is 0. The van der Waals surface area contributed by atoms with Crippen LogP contribution in [0.25, 0.3) is 0 Å². The fraction of sp³-hybridized carbons (Fsp3) is 0.0909. The van der Waals surface area contributed by atoms with Crippen LogP contribution in [-0.4, -0.2) is 0 Å². The maximum atomic E-state index is 2.36. The fourth-order valence-electron chi connectivity index (χ4n) is 3.41. The van der Waals surface area contributed by atoms with E-state index in [1.54, 1.807) is 0 Å². The van der Waals surface area contributed by atoms with Crippen molar-refractivity contribution in [2.24, 2.45) is 0 Å². The van der Waals surface area contributed by atoms with Crippen LogP contribution in [-0.2, 0) is 0 Å². The normalized spacial score (nSPS) is 19.6. The summed E-state index contributed by atoms with van der Waals surface area (Å²) in [6, 6.07) is 30.3. The van der Waals surface area contributed by atoms with Gasteiger partial charge in [0.2, 0.25) is 0 Å². The Kier molecular flexibility index (Phi) is 3.36. The molecule has 0 amide bonds. The Bertz CT molecular complexity index is 716. The molecule has 0 saturated carbocycles. The van der Waals surface area contributed by atoms with Gasteiger partial charge in [-0.15, -0.1) is 0 Å². The molecule has 4 rings (SSSR count). The minimum Gasteiger partial charge on any atom is -0.0757 e. The molecule has 0 N–H and O–H groups in total. The smallest absolute Gasteiger partial charge is 0.0272 e. The predicted octanol–water partition coefficient (Wildman–Crippen LogP) is 5.52. The van der Waals surface area contributed by atoms with Crippen molar-refractivity contribution in [3.05, 3.63) is 119 Å². The van der Waals surface area contributed by atoms with Gasteiger partial charge in [-0.2, -0.15) is 0 Å². The molecule has 0 spiro atoms. The lowest BCUT2D eigenvalue weighted by Crippen LogP contribution is -2.11. The molecule has 0 heteroatoms. The Morgan fingerprint density at radius 1 is 0.409 bits per heavy atom. The molecule has 3 aromatic carbocycles. The van der Waals surface area contributed by atoms with E-state index >= 15 is 0 Å². The van der Waals surface area contributed by atoms with Crippen molar-refractivity contribution in [3.8, 4) is 0 Å². The quantitative estimate of drug-likeness (QED) is 0.543. The molecule has 3 aromatic rings. The van der Waals surface area contributed by atoms with Crippen LogP contribution in [0.4, 0.5) is 0 Å². The lowest BCUT2D eigenvalue weighted by Gasteiger charge is -2.27. The molecule has 0 nitrogen and oxygen atoms in total. The molecule has 0 radical (unpaired) electrons. The van der Waals surface area contributed by atoms with Crippen LogP contribution in [0, 0.1) is 0 Å². The Hall–Kier alpha value is -2.60. The largest absolute Gasteiger partial charge is 0.0757 e. The van der Waals surface area contributed by atoms with E-state index in [1.165, 1.54) is 22.3 Å². The highest BCUT2D eigenvalue weighted by Gasteiger charge is 2.24. The van der Waals surface area contributed by atoms with Crippen molar-refractivity contribution < 1.29 is 0 Å². The summed E-state index contributed by atoms with van der Waals surface area (Å²) in [6.07, 6.45) is 4.71. The number of benzene rings is 3. The zero-order valence-electron chi connectivity index (χ0n) is 12.4. The Morgan fingerprint density at radius 3 is 1.18 bits per heavy atom. The average molecular weight is 282 g/mol. The summed E-state index contributed by atoms with van der Waals surface area (Å²) >= 11 is 0. The van der Waals surface area contributed by atoms with Crippen LogP contribution in [0.15, 0.2) is 97.1 Å². The van der Waals surface area contributed by atoms with Crippen molar-refractivity contribution in [1.82, 2.24) is 0 Å². The lowest BCUT2D eigenvalue weighted by atomic mass is 9.76. The lowest BCUT2D eigenvalue weighted by molar-refractivity contribution is 0.887. The van der Waals surface area contributed by atoms with E-state index in [1.807, 2.05) is 0 Å². The first kappa shape index (κ1) is 13.1. The van der Waals surface area contributed by atoms with E-state index in [0.717, 1.165) is 0 Å². The summed E-state index contributed by atoms with van der Waals surface area (Å²) in [5.74, 6) is 0.717. The van der Waals surface area contributed by atoms with Crippen LogP contribution in [0.1, 0.15) is 34.1 Å². The van der Waals surface area contributed by atoms with Crippen molar-refractivity contribution in [1.29, 1.82) is 0 Å². The molecule has 22 heavy (non-hydrogen) atoms. The van der Waals surface area contributed by atoms with Gasteiger partial charge in [0.25, 0.3) is 0 Å². The first-order chi connectivity index (χ1) is 10.9. The molecule has 2 unspecified atom stereocenters. The second-order valence-electron chi connectivity index (χ2n) is 5.79. The van der Waals surface area contributed by atoms with Crippen LogP contribution in [0.3, 0.4) is 0 Å². The van der Waals surface area contributed by atoms with Crippen LogP contribution >= 0.6 is 0 Å². The first-order valence-electron chi connectivity index (χ1n) is 7.80. The Morgan fingerprint density at radius 2 is 0.773 bits per heavy atom. The maximum Gasteiger partial charge on any atom is 0.0272 e. The SMILES string of the molecule is C1=CC(c2ccccc2)c2ccccc2C1c1ccccc1. The average Bonchev–Trinajstić information content (AvgIpc) is 2.62. The molecule has 1 aliphatic carbocycles. The maximum absolute atomic E-state index is 2.36. The van der Waals surface area contributed by atoms with Crippen molar-refractivity contribution in [2.75, 3.05) is 0 Å². The van der Waals surface area contributed by atoms with Crippen molar-refractivity contribution >= 4 is 0 Å². The highest BCUT2D eigenvalue weighted by molar-refractivity contribution is 5.51. The summed E-state index contributed by atoms with van der Waals surface area (Å²) in [5, 5.41) is 0. The summed E-state index contributed by atoms with van der Waals surface area (Å²) in [6.45, 7) is 0. The summed E-state index contributed by atoms with van der Waals surface area (Å²) in [5.41, 5.74) is 5.56. The van der Waals surface area contributed by atoms with E-state index in [2.05, 4.69) is 97.1 Å². The molecule has 0 heterocycles. The van der Waals surface area contributed by atoms with Gasteiger partial charge in [-0.25, -0.2) is 0 Å². The number of hydrogen-bond donors (Lipinski definition) is 0. The number of fused-ring (bicyclic) bond motifs is 1. The number of allylic oxidation sites excluding steroid dienone is 2. The highest BCUT2D eigenvalue weighted by Crippen LogP contribution is 2.40. The predicted molar refractivity (Wildman–Crippen MR) is 92.2 cm³/mol. The van der Waals surface area contributed by atoms with Gasteiger partial charge in [0.1, 0.15) is 0 Å². The molecular formula is C22H18. The molecule has 0 bridgehead atoms. The van der Waals surface area contributed by atoms with E-state index < -0.39 is 0 Å². The van der Waals surface area contributed by atoms with Gasteiger partial charge in [-0.1, -0.05) is 97.1 Å². The Labute approximate surface area is 131 Å². The third-order valence-electron chi connectivity index (χ3n) is 4.48. The molecule has 0 aliphatic heterocycles. The molecule has 0 aromatic heterocycles. The van der Waals surface area contributed by atoms with Crippen molar-refractivity contribution in [2.45, 2.75) is 11.8 Å². The third-order valence-corrected chi connectivity index (χ3v) is 4.48. The van der Waals surface area contributed by atoms with Crippen LogP contribution in [0.5, 0.6) is 0 Å². The number of hydrogen-bond acceptors (Lipinski definition) is 0. The molecule has 106 valence electrons. The van der Waals surface area contributed by atoms with Crippen LogP contribution in [0.2, 0.25) is 0 Å². The first-order valence-corrected chi connectivity index (χ1v) is 7.80. The van der Waals surface area contributed by atoms with Gasteiger partial charge < -0.3 is 0 Å². The van der Waals surface area contributed by atoms with Crippen LogP contribution < -0.4 is 0 Å². The molecule has 0 saturated heterocycles. The Balaban J connectivity index is 1.82. The van der Waals surface area contributed by atoms with E-state index in [4.69, 9.17) is 0 Å². The standard InChI is InChI=1S/C22H18/c1-3-9-17(10-4-1)19-15-16-20(18-11-5-2-6-12-18)22-14-8-7-13-21(19)22/h1-16,19-20H. The summed E-state index contributed by atoms with van der Waals surface area (Å²) < 4.78 is 0. The minimum absolute atomic E-state index is 0.359. The molecular weight excluding hydrogens is 264 g/mol. The second-order valence-corrected chi connectivity index (χ2v) is 5.79. The number of rotatable bonds is 2. The minimum atomic E-state index is 0.359. The highest BCUT2D eigenvalue weighted by atomic mass is 14.3. The van der Waals surface area contributed by atoms with E-state index in [-0.39, 0.29) is 0 Å². The summed E-state index contributed by atoms with van der Waals surface area (Å²) in [7, 11) is 0. The molecule has 0 fully saturated rings.